The molecule has 2 amide bonds. The van der Waals surface area contributed by atoms with Crippen LogP contribution in [-0.4, -0.2) is 29.8 Å². The third kappa shape index (κ3) is 4.72. The van der Waals surface area contributed by atoms with E-state index in [0.29, 0.717) is 13.0 Å². The van der Waals surface area contributed by atoms with Crippen LogP contribution in [0, 0.1) is 6.92 Å². The highest BCUT2D eigenvalue weighted by atomic mass is 16.2. The van der Waals surface area contributed by atoms with E-state index in [9.17, 15) is 9.59 Å². The van der Waals surface area contributed by atoms with E-state index in [4.69, 9.17) is 0 Å². The number of likely N-dealkylation sites (tertiary alicyclic amines) is 1. The van der Waals surface area contributed by atoms with Gasteiger partial charge in [-0.05, 0) is 55.0 Å². The fourth-order valence-electron chi connectivity index (χ4n) is 3.29. The molecule has 1 aliphatic heterocycles. The summed E-state index contributed by atoms with van der Waals surface area (Å²) in [6.45, 7) is 4.20. The lowest BCUT2D eigenvalue weighted by Gasteiger charge is -2.26. The molecule has 4 nitrogen and oxygen atoms in total. The van der Waals surface area contributed by atoms with Gasteiger partial charge in [0.05, 0.1) is 6.42 Å². The number of nitrogens with one attached hydrogen (secondary N) is 1. The molecule has 1 aliphatic rings. The standard InChI is InChI=1S/C22H26N2O2/c1-17-7-3-4-8-20(17)15-21(25)23-16-18-9-11-19(12-10-18)22(26)24-13-5-2-6-14-24/h3-4,7-12H,2,5-6,13-16H2,1H3,(H,23,25). The van der Waals surface area contributed by atoms with Gasteiger partial charge in [-0.2, -0.15) is 0 Å². The molecule has 3 rings (SSSR count). The fraction of sp³-hybridized carbons (Fsp3) is 0.364. The first-order valence-electron chi connectivity index (χ1n) is 9.33. The predicted molar refractivity (Wildman–Crippen MR) is 103 cm³/mol. The van der Waals surface area contributed by atoms with E-state index in [1.165, 1.54) is 6.42 Å². The topological polar surface area (TPSA) is 49.4 Å². The lowest BCUT2D eigenvalue weighted by molar-refractivity contribution is -0.120. The molecule has 0 atom stereocenters. The summed E-state index contributed by atoms with van der Waals surface area (Å²) in [6.07, 6.45) is 3.79. The van der Waals surface area contributed by atoms with Gasteiger partial charge >= 0.3 is 0 Å². The Bertz CT molecular complexity index is 762. The Morgan fingerprint density at radius 1 is 0.962 bits per heavy atom. The highest BCUT2D eigenvalue weighted by molar-refractivity contribution is 5.94. The van der Waals surface area contributed by atoms with Crippen molar-refractivity contribution in [2.75, 3.05) is 13.1 Å². The molecule has 4 heteroatoms. The molecule has 1 fully saturated rings. The third-order valence-corrected chi connectivity index (χ3v) is 4.95. The molecule has 136 valence electrons. The van der Waals surface area contributed by atoms with Crippen LogP contribution in [0.2, 0.25) is 0 Å². The SMILES string of the molecule is Cc1ccccc1CC(=O)NCc1ccc(C(=O)N2CCCCC2)cc1. The fourth-order valence-corrected chi connectivity index (χ4v) is 3.29. The van der Waals surface area contributed by atoms with Gasteiger partial charge in [0, 0.05) is 25.2 Å². The van der Waals surface area contributed by atoms with E-state index in [-0.39, 0.29) is 11.8 Å². The van der Waals surface area contributed by atoms with Crippen molar-refractivity contribution in [2.24, 2.45) is 0 Å². The number of rotatable bonds is 5. The summed E-state index contributed by atoms with van der Waals surface area (Å²) in [7, 11) is 0. The Kier molecular flexibility index (Phi) is 6.05. The number of benzene rings is 2. The van der Waals surface area contributed by atoms with E-state index in [1.54, 1.807) is 0 Å². The van der Waals surface area contributed by atoms with Gasteiger partial charge in [-0.1, -0.05) is 36.4 Å². The Balaban J connectivity index is 1.52. The maximum absolute atomic E-state index is 12.5. The zero-order valence-corrected chi connectivity index (χ0v) is 15.3. The summed E-state index contributed by atoms with van der Waals surface area (Å²) in [5.41, 5.74) is 3.90. The number of hydrogen-bond acceptors (Lipinski definition) is 2. The number of hydrogen-bond donors (Lipinski definition) is 1. The molecule has 1 saturated heterocycles. The van der Waals surface area contributed by atoms with Crippen LogP contribution in [0.4, 0.5) is 0 Å². The van der Waals surface area contributed by atoms with Crippen molar-refractivity contribution in [1.29, 1.82) is 0 Å². The van der Waals surface area contributed by atoms with Crippen LogP contribution in [0.3, 0.4) is 0 Å². The molecule has 0 aromatic heterocycles. The van der Waals surface area contributed by atoms with Crippen molar-refractivity contribution >= 4 is 11.8 Å². The van der Waals surface area contributed by atoms with Crippen LogP contribution in [0.5, 0.6) is 0 Å². The smallest absolute Gasteiger partial charge is 0.253 e. The average molecular weight is 350 g/mol. The van der Waals surface area contributed by atoms with Gasteiger partial charge in [-0.25, -0.2) is 0 Å². The molecule has 0 bridgehead atoms. The first-order valence-corrected chi connectivity index (χ1v) is 9.33. The second kappa shape index (κ2) is 8.65. The summed E-state index contributed by atoms with van der Waals surface area (Å²) in [4.78, 5) is 26.5. The Hall–Kier alpha value is -2.62. The van der Waals surface area contributed by atoms with Crippen molar-refractivity contribution in [1.82, 2.24) is 10.2 Å². The van der Waals surface area contributed by atoms with Crippen LogP contribution in [0.25, 0.3) is 0 Å². The van der Waals surface area contributed by atoms with Gasteiger partial charge in [0.1, 0.15) is 0 Å². The van der Waals surface area contributed by atoms with Gasteiger partial charge in [-0.15, -0.1) is 0 Å². The molecule has 1 heterocycles. The summed E-state index contributed by atoms with van der Waals surface area (Å²) in [5, 5.41) is 2.95. The van der Waals surface area contributed by atoms with E-state index in [0.717, 1.165) is 48.2 Å². The molecule has 26 heavy (non-hydrogen) atoms. The molecular formula is C22H26N2O2. The quantitative estimate of drug-likeness (QED) is 0.897. The first kappa shape index (κ1) is 18.2. The number of amides is 2. The zero-order valence-electron chi connectivity index (χ0n) is 15.3. The second-order valence-corrected chi connectivity index (χ2v) is 6.93. The van der Waals surface area contributed by atoms with Crippen molar-refractivity contribution in [2.45, 2.75) is 39.2 Å². The van der Waals surface area contributed by atoms with Crippen molar-refractivity contribution < 1.29 is 9.59 Å². The van der Waals surface area contributed by atoms with Crippen molar-refractivity contribution in [3.05, 3.63) is 70.8 Å². The van der Waals surface area contributed by atoms with Crippen LogP contribution in [0.15, 0.2) is 48.5 Å². The van der Waals surface area contributed by atoms with Gasteiger partial charge in [0.2, 0.25) is 5.91 Å². The summed E-state index contributed by atoms with van der Waals surface area (Å²) >= 11 is 0. The second-order valence-electron chi connectivity index (χ2n) is 6.93. The lowest BCUT2D eigenvalue weighted by atomic mass is 10.1. The van der Waals surface area contributed by atoms with Crippen LogP contribution in [0.1, 0.15) is 46.3 Å². The number of nitrogens with zero attached hydrogens (tertiary/aromatic N) is 1. The molecule has 0 unspecified atom stereocenters. The number of carbonyl (C=O) groups is 2. The van der Waals surface area contributed by atoms with Crippen LogP contribution in [-0.2, 0) is 17.8 Å². The third-order valence-electron chi connectivity index (χ3n) is 4.95. The molecular weight excluding hydrogens is 324 g/mol. The number of carbonyl (C=O) groups excluding carboxylic acids is 2. The highest BCUT2D eigenvalue weighted by Gasteiger charge is 2.17. The average Bonchev–Trinajstić information content (AvgIpc) is 2.69. The maximum Gasteiger partial charge on any atom is 0.253 e. The minimum absolute atomic E-state index is 0.00719. The maximum atomic E-state index is 12.5. The minimum Gasteiger partial charge on any atom is -0.352 e. The highest BCUT2D eigenvalue weighted by Crippen LogP contribution is 2.14. The van der Waals surface area contributed by atoms with E-state index < -0.39 is 0 Å². The van der Waals surface area contributed by atoms with Gasteiger partial charge in [0.15, 0.2) is 0 Å². The van der Waals surface area contributed by atoms with E-state index in [2.05, 4.69) is 5.32 Å². The van der Waals surface area contributed by atoms with Gasteiger partial charge < -0.3 is 10.2 Å². The predicted octanol–water partition coefficient (Wildman–Crippen LogP) is 3.48. The molecule has 1 N–H and O–H groups in total. The van der Waals surface area contributed by atoms with E-state index in [1.807, 2.05) is 60.4 Å². The molecule has 0 saturated carbocycles. The molecule has 2 aromatic carbocycles. The summed E-state index contributed by atoms with van der Waals surface area (Å²) < 4.78 is 0. The Labute approximate surface area is 155 Å². The monoisotopic (exact) mass is 350 g/mol. The largest absolute Gasteiger partial charge is 0.352 e. The molecule has 0 spiro atoms. The molecule has 0 radical (unpaired) electrons. The van der Waals surface area contributed by atoms with Crippen LogP contribution < -0.4 is 5.32 Å². The van der Waals surface area contributed by atoms with Gasteiger partial charge in [-0.3, -0.25) is 9.59 Å². The van der Waals surface area contributed by atoms with Gasteiger partial charge in [0.25, 0.3) is 5.91 Å². The summed E-state index contributed by atoms with van der Waals surface area (Å²) in [5.74, 6) is 0.118. The Morgan fingerprint density at radius 2 is 1.65 bits per heavy atom. The lowest BCUT2D eigenvalue weighted by Crippen LogP contribution is -2.35. The minimum atomic E-state index is 0.00719. The molecule has 2 aromatic rings. The van der Waals surface area contributed by atoms with Crippen molar-refractivity contribution in [3.63, 3.8) is 0 Å². The van der Waals surface area contributed by atoms with Crippen molar-refractivity contribution in [3.8, 4) is 0 Å². The summed E-state index contributed by atoms with van der Waals surface area (Å²) in [6, 6.07) is 15.5. The number of aryl methyl sites for hydroxylation is 1. The van der Waals surface area contributed by atoms with E-state index >= 15 is 0 Å². The number of piperidine rings is 1. The first-order chi connectivity index (χ1) is 12.6. The zero-order chi connectivity index (χ0) is 18.4. The normalized spacial score (nSPS) is 14.1. The molecule has 0 aliphatic carbocycles. The Morgan fingerprint density at radius 3 is 2.35 bits per heavy atom. The van der Waals surface area contributed by atoms with Crippen LogP contribution >= 0.6 is 0 Å².